The number of fused-ring (bicyclic) bond motifs is 1. The summed E-state index contributed by atoms with van der Waals surface area (Å²) in [5.41, 5.74) is 0.866. The molecular formula is C9H6BrF3N2S. The Hall–Kier alpha value is -0.820. The van der Waals surface area contributed by atoms with Crippen LogP contribution in [0.4, 0.5) is 13.2 Å². The van der Waals surface area contributed by atoms with Gasteiger partial charge in [-0.25, -0.2) is 13.2 Å². The van der Waals surface area contributed by atoms with E-state index in [-0.39, 0.29) is 9.24 Å². The van der Waals surface area contributed by atoms with E-state index in [1.54, 1.807) is 0 Å². The highest BCUT2D eigenvalue weighted by Crippen LogP contribution is 2.23. The van der Waals surface area contributed by atoms with E-state index in [9.17, 15) is 13.2 Å². The van der Waals surface area contributed by atoms with Crippen molar-refractivity contribution in [3.05, 3.63) is 27.2 Å². The third-order valence-corrected chi connectivity index (χ3v) is 3.07. The first-order chi connectivity index (χ1) is 7.49. The highest BCUT2D eigenvalue weighted by molar-refractivity contribution is 9.10. The van der Waals surface area contributed by atoms with E-state index in [1.807, 2.05) is 0 Å². The summed E-state index contributed by atoms with van der Waals surface area (Å²) in [5, 5.41) is 0. The van der Waals surface area contributed by atoms with E-state index in [1.165, 1.54) is 16.7 Å². The van der Waals surface area contributed by atoms with E-state index in [0.717, 1.165) is 0 Å². The second kappa shape index (κ2) is 4.21. The van der Waals surface area contributed by atoms with Crippen molar-refractivity contribution < 1.29 is 13.2 Å². The molecule has 1 aromatic carbocycles. The average molecular weight is 311 g/mol. The number of aromatic amines is 1. The van der Waals surface area contributed by atoms with Gasteiger partial charge in [0, 0.05) is 6.07 Å². The van der Waals surface area contributed by atoms with Crippen LogP contribution in [0.25, 0.3) is 11.0 Å². The summed E-state index contributed by atoms with van der Waals surface area (Å²) in [4.78, 5) is 2.75. The first-order valence-electron chi connectivity index (χ1n) is 4.34. The van der Waals surface area contributed by atoms with Crippen LogP contribution < -0.4 is 0 Å². The highest BCUT2D eigenvalue weighted by atomic mass is 79.9. The fraction of sp³-hybridized carbons (Fsp3) is 0.222. The van der Waals surface area contributed by atoms with Gasteiger partial charge < -0.3 is 9.55 Å². The molecule has 86 valence electrons. The molecule has 1 aromatic heterocycles. The lowest BCUT2D eigenvalue weighted by Gasteiger charge is -2.03. The molecule has 0 unspecified atom stereocenters. The Morgan fingerprint density at radius 2 is 2.12 bits per heavy atom. The summed E-state index contributed by atoms with van der Waals surface area (Å²) >= 11 is 7.91. The lowest BCUT2D eigenvalue weighted by Crippen LogP contribution is -2.06. The monoisotopic (exact) mass is 310 g/mol. The van der Waals surface area contributed by atoms with Gasteiger partial charge >= 0.3 is 0 Å². The Morgan fingerprint density at radius 3 is 2.75 bits per heavy atom. The molecule has 0 fully saturated rings. The van der Waals surface area contributed by atoms with Gasteiger partial charge in [-0.2, -0.15) is 0 Å². The zero-order chi connectivity index (χ0) is 11.9. The standard InChI is InChI=1S/C9H6BrF3N2S/c10-4-1-6-7(2-5(4)11)15(3-8(12)13)9(16)14-6/h1-2,8H,3H2,(H,14,16). The minimum Gasteiger partial charge on any atom is -0.331 e. The molecule has 0 aliphatic heterocycles. The van der Waals surface area contributed by atoms with Crippen molar-refractivity contribution in [1.82, 2.24) is 9.55 Å². The van der Waals surface area contributed by atoms with Crippen LogP contribution >= 0.6 is 28.1 Å². The second-order valence-electron chi connectivity index (χ2n) is 3.22. The Kier molecular flexibility index (Phi) is 3.07. The number of hydrogen-bond acceptors (Lipinski definition) is 1. The number of halogens is 4. The van der Waals surface area contributed by atoms with Gasteiger partial charge in [-0.3, -0.25) is 0 Å². The molecule has 7 heteroatoms. The van der Waals surface area contributed by atoms with Crippen LogP contribution in [0, 0.1) is 10.6 Å². The van der Waals surface area contributed by atoms with Gasteiger partial charge in [0.15, 0.2) is 4.77 Å². The quantitative estimate of drug-likeness (QED) is 0.835. The van der Waals surface area contributed by atoms with Crippen molar-refractivity contribution in [2.75, 3.05) is 0 Å². The summed E-state index contributed by atoms with van der Waals surface area (Å²) in [6.07, 6.45) is -2.53. The molecule has 2 rings (SSSR count). The zero-order valence-electron chi connectivity index (χ0n) is 7.81. The number of alkyl halides is 2. The lowest BCUT2D eigenvalue weighted by atomic mass is 10.3. The van der Waals surface area contributed by atoms with Crippen molar-refractivity contribution in [3.8, 4) is 0 Å². The van der Waals surface area contributed by atoms with E-state index >= 15 is 0 Å². The van der Waals surface area contributed by atoms with E-state index in [4.69, 9.17) is 12.2 Å². The van der Waals surface area contributed by atoms with Crippen molar-refractivity contribution in [3.63, 3.8) is 0 Å². The summed E-state index contributed by atoms with van der Waals surface area (Å²) < 4.78 is 39.5. The molecular weight excluding hydrogens is 305 g/mol. The normalized spacial score (nSPS) is 11.6. The summed E-state index contributed by atoms with van der Waals surface area (Å²) in [6, 6.07) is 2.65. The zero-order valence-corrected chi connectivity index (χ0v) is 10.2. The third kappa shape index (κ3) is 2.01. The second-order valence-corrected chi connectivity index (χ2v) is 4.46. The molecule has 0 saturated heterocycles. The van der Waals surface area contributed by atoms with Gasteiger partial charge in [-0.15, -0.1) is 0 Å². The van der Waals surface area contributed by atoms with Crippen molar-refractivity contribution in [2.45, 2.75) is 13.0 Å². The molecule has 2 aromatic rings. The third-order valence-electron chi connectivity index (χ3n) is 2.14. The highest BCUT2D eigenvalue weighted by Gasteiger charge is 2.12. The fourth-order valence-electron chi connectivity index (χ4n) is 1.47. The van der Waals surface area contributed by atoms with Crippen molar-refractivity contribution >= 4 is 39.2 Å². The summed E-state index contributed by atoms with van der Waals surface area (Å²) in [7, 11) is 0. The average Bonchev–Trinajstić information content (AvgIpc) is 2.45. The fourth-order valence-corrected chi connectivity index (χ4v) is 2.10. The SMILES string of the molecule is Fc1cc2c(cc1Br)[nH]c(=S)n2CC(F)F. The van der Waals surface area contributed by atoms with E-state index in [0.29, 0.717) is 11.0 Å². The molecule has 16 heavy (non-hydrogen) atoms. The van der Waals surface area contributed by atoms with Crippen LogP contribution in [-0.2, 0) is 6.54 Å². The molecule has 1 N–H and O–H groups in total. The Balaban J connectivity index is 2.69. The predicted octanol–water partition coefficient (Wildman–Crippen LogP) is 3.87. The summed E-state index contributed by atoms with van der Waals surface area (Å²) in [5.74, 6) is -0.510. The molecule has 2 nitrogen and oxygen atoms in total. The Morgan fingerprint density at radius 1 is 1.44 bits per heavy atom. The molecule has 0 aliphatic carbocycles. The van der Waals surface area contributed by atoms with Crippen LogP contribution in [0.15, 0.2) is 16.6 Å². The molecule has 0 radical (unpaired) electrons. The number of nitrogens with zero attached hydrogens (tertiary/aromatic N) is 1. The molecule has 1 heterocycles. The smallest absolute Gasteiger partial charge is 0.256 e. The first-order valence-corrected chi connectivity index (χ1v) is 5.55. The Labute approximate surface area is 102 Å². The van der Waals surface area contributed by atoms with Gasteiger partial charge in [0.05, 0.1) is 22.1 Å². The molecule has 0 aliphatic rings. The maximum absolute atomic E-state index is 13.3. The first kappa shape index (κ1) is 11.7. The molecule has 0 amide bonds. The Bertz CT molecular complexity index is 590. The molecule has 0 saturated carbocycles. The lowest BCUT2D eigenvalue weighted by molar-refractivity contribution is 0.127. The number of rotatable bonds is 2. The summed E-state index contributed by atoms with van der Waals surface area (Å²) in [6.45, 7) is -0.542. The minimum absolute atomic E-state index is 0.160. The number of hydrogen-bond donors (Lipinski definition) is 1. The van der Waals surface area contributed by atoms with Crippen LogP contribution in [0.5, 0.6) is 0 Å². The van der Waals surface area contributed by atoms with Crippen LogP contribution in [0.1, 0.15) is 0 Å². The number of H-pyrrole nitrogens is 1. The van der Waals surface area contributed by atoms with Gasteiger partial charge in [0.2, 0.25) is 0 Å². The van der Waals surface area contributed by atoms with Gasteiger partial charge in [0.25, 0.3) is 6.43 Å². The van der Waals surface area contributed by atoms with Crippen molar-refractivity contribution in [1.29, 1.82) is 0 Å². The molecule has 0 atom stereocenters. The van der Waals surface area contributed by atoms with Crippen LogP contribution in [0.2, 0.25) is 0 Å². The van der Waals surface area contributed by atoms with Gasteiger partial charge in [0.1, 0.15) is 5.82 Å². The van der Waals surface area contributed by atoms with Crippen molar-refractivity contribution in [2.24, 2.45) is 0 Å². The number of aromatic nitrogens is 2. The molecule has 0 spiro atoms. The maximum atomic E-state index is 13.3. The van der Waals surface area contributed by atoms with Crippen LogP contribution in [-0.4, -0.2) is 16.0 Å². The topological polar surface area (TPSA) is 20.7 Å². The number of nitrogens with one attached hydrogen (secondary N) is 1. The van der Waals surface area contributed by atoms with Gasteiger partial charge in [-0.1, -0.05) is 0 Å². The number of imidazole rings is 1. The maximum Gasteiger partial charge on any atom is 0.256 e. The van der Waals surface area contributed by atoms with E-state index < -0.39 is 18.8 Å². The molecule has 0 bridgehead atoms. The largest absolute Gasteiger partial charge is 0.331 e. The number of benzene rings is 1. The van der Waals surface area contributed by atoms with Gasteiger partial charge in [-0.05, 0) is 34.2 Å². The predicted molar refractivity (Wildman–Crippen MR) is 60.8 cm³/mol. The minimum atomic E-state index is -2.53. The van der Waals surface area contributed by atoms with E-state index in [2.05, 4.69) is 20.9 Å². The van der Waals surface area contributed by atoms with Crippen LogP contribution in [0.3, 0.4) is 0 Å².